The molecule has 3 aromatic rings. The van der Waals surface area contributed by atoms with Crippen LogP contribution in [0, 0.1) is 0 Å². The Morgan fingerprint density at radius 2 is 1.93 bits per heavy atom. The van der Waals surface area contributed by atoms with E-state index in [1.54, 1.807) is 12.4 Å². The molecule has 0 saturated carbocycles. The van der Waals surface area contributed by atoms with Gasteiger partial charge in [0.1, 0.15) is 17.2 Å². The molecule has 0 fully saturated rings. The number of nitrogens with zero attached hydrogens (tertiary/aromatic N) is 2. The molecule has 0 amide bonds. The van der Waals surface area contributed by atoms with Crippen molar-refractivity contribution >= 4 is 0 Å². The molecule has 4 nitrogen and oxygen atoms in total. The van der Waals surface area contributed by atoms with Crippen LogP contribution in [0.25, 0.3) is 0 Å². The first kappa shape index (κ1) is 17.3. The molecule has 2 aliphatic rings. The largest absolute Gasteiger partial charge is 0.493 e. The highest BCUT2D eigenvalue weighted by Crippen LogP contribution is 2.34. The Morgan fingerprint density at radius 3 is 2.82 bits per heavy atom. The molecule has 5 rings (SSSR count). The van der Waals surface area contributed by atoms with Gasteiger partial charge in [-0.25, -0.2) is 0 Å². The van der Waals surface area contributed by atoms with Crippen LogP contribution in [0.4, 0.5) is 0 Å². The summed E-state index contributed by atoms with van der Waals surface area (Å²) in [5.41, 5.74) is 5.43. The summed E-state index contributed by atoms with van der Waals surface area (Å²) in [6.45, 7) is 5.11. The first-order valence-corrected chi connectivity index (χ1v) is 9.95. The molecule has 1 aromatic heterocycles. The van der Waals surface area contributed by atoms with E-state index in [-0.39, 0.29) is 0 Å². The van der Waals surface area contributed by atoms with Crippen molar-refractivity contribution in [3.63, 3.8) is 0 Å². The molecule has 3 heterocycles. The Balaban J connectivity index is 1.31. The molecular formula is C24H24N2O2. The van der Waals surface area contributed by atoms with Gasteiger partial charge in [0.15, 0.2) is 0 Å². The highest BCUT2D eigenvalue weighted by Gasteiger charge is 2.23. The van der Waals surface area contributed by atoms with Gasteiger partial charge < -0.3 is 9.47 Å². The second-order valence-electron chi connectivity index (χ2n) is 7.58. The second-order valence-corrected chi connectivity index (χ2v) is 7.58. The van der Waals surface area contributed by atoms with Gasteiger partial charge in [0.05, 0.1) is 12.8 Å². The zero-order chi connectivity index (χ0) is 18.9. The zero-order valence-electron chi connectivity index (χ0n) is 16.1. The minimum atomic E-state index is 0.369. The fraction of sp³-hybridized carbons (Fsp3) is 0.292. The minimum Gasteiger partial charge on any atom is -0.493 e. The Bertz CT molecular complexity index is 987. The van der Waals surface area contributed by atoms with Crippen molar-refractivity contribution in [2.75, 3.05) is 13.2 Å². The first-order chi connectivity index (χ1) is 13.8. The lowest BCUT2D eigenvalue weighted by Crippen LogP contribution is -2.32. The number of ether oxygens (including phenoxy) is 2. The molecule has 1 atom stereocenters. The average molecular weight is 372 g/mol. The lowest BCUT2D eigenvalue weighted by Gasteiger charge is -2.34. The van der Waals surface area contributed by atoms with Crippen molar-refractivity contribution in [1.82, 2.24) is 9.88 Å². The predicted molar refractivity (Wildman–Crippen MR) is 109 cm³/mol. The maximum atomic E-state index is 5.94. The molecule has 2 aliphatic heterocycles. The van der Waals surface area contributed by atoms with Gasteiger partial charge in [-0.3, -0.25) is 9.88 Å². The van der Waals surface area contributed by atoms with Crippen LogP contribution in [0.5, 0.6) is 17.2 Å². The van der Waals surface area contributed by atoms with E-state index in [2.05, 4.69) is 53.2 Å². The first-order valence-electron chi connectivity index (χ1n) is 9.95. The summed E-state index contributed by atoms with van der Waals surface area (Å²) in [4.78, 5) is 6.65. The summed E-state index contributed by atoms with van der Waals surface area (Å²) < 4.78 is 11.7. The minimum absolute atomic E-state index is 0.369. The number of pyridine rings is 1. The van der Waals surface area contributed by atoms with E-state index in [1.807, 2.05) is 12.1 Å². The van der Waals surface area contributed by atoms with Crippen LogP contribution in [0.3, 0.4) is 0 Å². The SMILES string of the molecule is CC(c1ccc2c(c1)OCC2)N1CCc2cc(Oc3cccnc3)ccc2C1. The van der Waals surface area contributed by atoms with Crippen molar-refractivity contribution < 1.29 is 9.47 Å². The Kier molecular flexibility index (Phi) is 4.49. The third kappa shape index (κ3) is 3.36. The molecule has 0 spiro atoms. The van der Waals surface area contributed by atoms with E-state index in [0.29, 0.717) is 6.04 Å². The Morgan fingerprint density at radius 1 is 1.00 bits per heavy atom. The monoisotopic (exact) mass is 372 g/mol. The summed E-state index contributed by atoms with van der Waals surface area (Å²) in [6.07, 6.45) is 5.56. The van der Waals surface area contributed by atoms with E-state index >= 15 is 0 Å². The Labute approximate surface area is 165 Å². The van der Waals surface area contributed by atoms with Gasteiger partial charge in [-0.15, -0.1) is 0 Å². The van der Waals surface area contributed by atoms with Crippen molar-refractivity contribution in [3.8, 4) is 17.2 Å². The summed E-state index contributed by atoms with van der Waals surface area (Å²) in [5.74, 6) is 2.72. The van der Waals surface area contributed by atoms with Gasteiger partial charge in [-0.2, -0.15) is 0 Å². The molecule has 0 aliphatic carbocycles. The molecule has 4 heteroatoms. The van der Waals surface area contributed by atoms with E-state index in [1.165, 1.54) is 22.3 Å². The molecule has 0 saturated heterocycles. The van der Waals surface area contributed by atoms with E-state index in [0.717, 1.165) is 49.8 Å². The van der Waals surface area contributed by atoms with Crippen LogP contribution in [-0.4, -0.2) is 23.0 Å². The lowest BCUT2D eigenvalue weighted by molar-refractivity contribution is 0.191. The predicted octanol–water partition coefficient (Wildman–Crippen LogP) is 4.93. The summed E-state index contributed by atoms with van der Waals surface area (Å²) in [5, 5.41) is 0. The van der Waals surface area contributed by atoms with Crippen molar-refractivity contribution in [1.29, 1.82) is 0 Å². The third-order valence-corrected chi connectivity index (χ3v) is 5.84. The summed E-state index contributed by atoms with van der Waals surface area (Å²) in [7, 11) is 0. The van der Waals surface area contributed by atoms with Crippen LogP contribution in [-0.2, 0) is 19.4 Å². The third-order valence-electron chi connectivity index (χ3n) is 5.84. The number of benzene rings is 2. The molecule has 28 heavy (non-hydrogen) atoms. The highest BCUT2D eigenvalue weighted by molar-refractivity contribution is 5.42. The quantitative estimate of drug-likeness (QED) is 0.650. The fourth-order valence-corrected chi connectivity index (χ4v) is 4.14. The molecule has 0 bridgehead atoms. The van der Waals surface area contributed by atoms with Gasteiger partial charge in [-0.1, -0.05) is 18.2 Å². The maximum Gasteiger partial charge on any atom is 0.145 e. The van der Waals surface area contributed by atoms with E-state index < -0.39 is 0 Å². The standard InChI is InChI=1S/C24H24N2O2/c1-17(19-5-4-18-9-12-27-24(18)14-19)26-11-8-20-13-22(7-6-21(20)16-26)28-23-3-2-10-25-15-23/h2-7,10,13-15,17H,8-9,11-12,16H2,1H3. The van der Waals surface area contributed by atoms with Crippen molar-refractivity contribution in [2.45, 2.75) is 32.4 Å². The van der Waals surface area contributed by atoms with Gasteiger partial charge in [0, 0.05) is 31.7 Å². The molecule has 142 valence electrons. The fourth-order valence-electron chi connectivity index (χ4n) is 4.14. The Hall–Kier alpha value is -2.85. The lowest BCUT2D eigenvalue weighted by atomic mass is 9.96. The molecule has 1 unspecified atom stereocenters. The van der Waals surface area contributed by atoms with Crippen LogP contribution in [0.15, 0.2) is 60.9 Å². The topological polar surface area (TPSA) is 34.6 Å². The van der Waals surface area contributed by atoms with Crippen LogP contribution in [0.1, 0.15) is 35.2 Å². The van der Waals surface area contributed by atoms with Gasteiger partial charge in [0.2, 0.25) is 0 Å². The number of hydrogen-bond donors (Lipinski definition) is 0. The number of hydrogen-bond acceptors (Lipinski definition) is 4. The smallest absolute Gasteiger partial charge is 0.145 e. The van der Waals surface area contributed by atoms with Gasteiger partial charge >= 0.3 is 0 Å². The summed E-state index contributed by atoms with van der Waals surface area (Å²) in [6, 6.07) is 17.3. The van der Waals surface area contributed by atoms with Gasteiger partial charge in [0.25, 0.3) is 0 Å². The second kappa shape index (κ2) is 7.28. The number of aromatic nitrogens is 1. The van der Waals surface area contributed by atoms with Crippen LogP contribution in [0.2, 0.25) is 0 Å². The van der Waals surface area contributed by atoms with Crippen LogP contribution < -0.4 is 9.47 Å². The van der Waals surface area contributed by atoms with Gasteiger partial charge in [-0.05, 0) is 65.9 Å². The summed E-state index contributed by atoms with van der Waals surface area (Å²) >= 11 is 0. The molecule has 0 radical (unpaired) electrons. The van der Waals surface area contributed by atoms with E-state index in [4.69, 9.17) is 9.47 Å². The van der Waals surface area contributed by atoms with Crippen LogP contribution >= 0.6 is 0 Å². The number of rotatable bonds is 4. The molecular weight excluding hydrogens is 348 g/mol. The van der Waals surface area contributed by atoms with Crippen molar-refractivity contribution in [2.24, 2.45) is 0 Å². The molecule has 2 aromatic carbocycles. The highest BCUT2D eigenvalue weighted by atomic mass is 16.5. The average Bonchev–Trinajstić information content (AvgIpc) is 3.21. The number of fused-ring (bicyclic) bond motifs is 2. The van der Waals surface area contributed by atoms with E-state index in [9.17, 15) is 0 Å². The maximum absolute atomic E-state index is 5.94. The van der Waals surface area contributed by atoms with Crippen molar-refractivity contribution in [3.05, 3.63) is 83.2 Å². The zero-order valence-corrected chi connectivity index (χ0v) is 16.1. The normalized spacial score (nSPS) is 16.8. The molecule has 0 N–H and O–H groups in total.